The Bertz CT molecular complexity index is 831. The third-order valence-electron chi connectivity index (χ3n) is 2.98. The third-order valence-corrected chi connectivity index (χ3v) is 3.54. The van der Waals surface area contributed by atoms with Crippen LogP contribution in [0.5, 0.6) is 5.75 Å². The van der Waals surface area contributed by atoms with Crippen molar-refractivity contribution < 1.29 is 32.2 Å². The molecule has 0 aliphatic carbocycles. The van der Waals surface area contributed by atoms with Gasteiger partial charge in [-0.25, -0.2) is 9.18 Å². The summed E-state index contributed by atoms with van der Waals surface area (Å²) in [5.74, 6) is -2.35. The molecule has 3 N–H and O–H groups in total. The summed E-state index contributed by atoms with van der Waals surface area (Å²) in [6, 6.07) is 4.22. The van der Waals surface area contributed by atoms with Crippen molar-refractivity contribution in [3.05, 3.63) is 51.8 Å². The minimum absolute atomic E-state index is 0.111. The summed E-state index contributed by atoms with van der Waals surface area (Å²) in [6.07, 6.45) is -5.04. The molecular weight excluding hydrogens is 403 g/mol. The van der Waals surface area contributed by atoms with Gasteiger partial charge in [0.25, 0.3) is 0 Å². The second kappa shape index (κ2) is 7.98. The summed E-state index contributed by atoms with van der Waals surface area (Å²) >= 11 is 11.7. The minimum Gasteiger partial charge on any atom is -0.403 e. The van der Waals surface area contributed by atoms with Crippen LogP contribution < -0.4 is 15.4 Å². The van der Waals surface area contributed by atoms with Crippen molar-refractivity contribution >= 4 is 40.6 Å². The average molecular weight is 413 g/mol. The standard InChI is InChI=1S/C15H10Cl2F4N2O3/c16-7-3-10(17)9(6-24)12(4-7)23-14(25)22-8-1-2-13(11(18)5-8)26-15(19,20)21/h1-5,24H,6H2,(H2,22,23,25). The van der Waals surface area contributed by atoms with E-state index in [-0.39, 0.29) is 27.0 Å². The smallest absolute Gasteiger partial charge is 0.403 e. The molecule has 0 bridgehead atoms. The van der Waals surface area contributed by atoms with E-state index in [1.54, 1.807) is 0 Å². The van der Waals surface area contributed by atoms with Crippen molar-refractivity contribution in [2.75, 3.05) is 10.6 Å². The maximum absolute atomic E-state index is 13.6. The van der Waals surface area contributed by atoms with E-state index in [0.29, 0.717) is 12.1 Å². The lowest BCUT2D eigenvalue weighted by Gasteiger charge is -2.14. The maximum Gasteiger partial charge on any atom is 0.573 e. The number of carbonyl (C=O) groups is 1. The number of halogens is 6. The van der Waals surface area contributed by atoms with Gasteiger partial charge in [-0.2, -0.15) is 0 Å². The summed E-state index contributed by atoms with van der Waals surface area (Å²) in [5.41, 5.74) is 0.180. The van der Waals surface area contributed by atoms with Crippen LogP contribution in [-0.4, -0.2) is 17.5 Å². The van der Waals surface area contributed by atoms with Gasteiger partial charge in [0.15, 0.2) is 11.6 Å². The van der Waals surface area contributed by atoms with Gasteiger partial charge in [-0.05, 0) is 24.3 Å². The molecule has 0 aromatic heterocycles. The molecule has 0 atom stereocenters. The molecule has 0 spiro atoms. The second-order valence-corrected chi connectivity index (χ2v) is 5.69. The molecule has 5 nitrogen and oxygen atoms in total. The summed E-state index contributed by atoms with van der Waals surface area (Å²) in [7, 11) is 0. The number of alkyl halides is 3. The molecule has 0 saturated heterocycles. The van der Waals surface area contributed by atoms with E-state index >= 15 is 0 Å². The first-order chi connectivity index (χ1) is 12.1. The molecule has 11 heteroatoms. The largest absolute Gasteiger partial charge is 0.573 e. The Morgan fingerprint density at radius 1 is 1.15 bits per heavy atom. The molecule has 0 heterocycles. The molecule has 2 amide bonds. The molecule has 140 valence electrons. The molecule has 2 aromatic carbocycles. The van der Waals surface area contributed by atoms with Gasteiger partial charge in [-0.15, -0.1) is 13.2 Å². The number of amides is 2. The van der Waals surface area contributed by atoms with Crippen LogP contribution in [-0.2, 0) is 6.61 Å². The van der Waals surface area contributed by atoms with Crippen LogP contribution in [0, 0.1) is 5.82 Å². The molecule has 0 saturated carbocycles. The fourth-order valence-corrected chi connectivity index (χ4v) is 2.50. The quantitative estimate of drug-likeness (QED) is 0.606. The number of nitrogens with one attached hydrogen (secondary N) is 2. The normalized spacial score (nSPS) is 11.2. The first-order valence-corrected chi connectivity index (χ1v) is 7.56. The summed E-state index contributed by atoms with van der Waals surface area (Å²) < 4.78 is 53.4. The van der Waals surface area contributed by atoms with E-state index in [2.05, 4.69) is 15.4 Å². The highest BCUT2D eigenvalue weighted by Gasteiger charge is 2.32. The molecule has 0 radical (unpaired) electrons. The zero-order valence-electron chi connectivity index (χ0n) is 12.6. The highest BCUT2D eigenvalue weighted by molar-refractivity contribution is 6.35. The lowest BCUT2D eigenvalue weighted by atomic mass is 10.2. The predicted octanol–water partition coefficient (Wildman–Crippen LogP) is 5.17. The van der Waals surface area contributed by atoms with Crippen molar-refractivity contribution in [2.45, 2.75) is 13.0 Å². The van der Waals surface area contributed by atoms with Gasteiger partial charge in [0.1, 0.15) is 0 Å². The van der Waals surface area contributed by atoms with Crippen LogP contribution >= 0.6 is 23.2 Å². The van der Waals surface area contributed by atoms with Gasteiger partial charge in [0.05, 0.1) is 12.3 Å². The number of rotatable bonds is 4. The zero-order chi connectivity index (χ0) is 19.5. The minimum atomic E-state index is -5.04. The Balaban J connectivity index is 2.13. The van der Waals surface area contributed by atoms with Gasteiger partial charge in [-0.3, -0.25) is 0 Å². The first-order valence-electron chi connectivity index (χ1n) is 6.81. The van der Waals surface area contributed by atoms with Gasteiger partial charge >= 0.3 is 12.4 Å². The maximum atomic E-state index is 13.6. The summed E-state index contributed by atoms with van der Waals surface area (Å²) in [4.78, 5) is 12.0. The zero-order valence-corrected chi connectivity index (χ0v) is 14.1. The molecule has 0 unspecified atom stereocenters. The van der Waals surface area contributed by atoms with E-state index in [9.17, 15) is 27.5 Å². The van der Waals surface area contributed by atoms with Crippen LogP contribution in [0.3, 0.4) is 0 Å². The lowest BCUT2D eigenvalue weighted by molar-refractivity contribution is -0.275. The van der Waals surface area contributed by atoms with Gasteiger partial charge in [0, 0.05) is 27.4 Å². The second-order valence-electron chi connectivity index (χ2n) is 4.84. The van der Waals surface area contributed by atoms with E-state index in [1.165, 1.54) is 12.1 Å². The number of aliphatic hydroxyl groups excluding tert-OH is 1. The number of aliphatic hydroxyl groups is 1. The number of anilines is 2. The van der Waals surface area contributed by atoms with Crippen molar-refractivity contribution in [3.63, 3.8) is 0 Å². The summed E-state index contributed by atoms with van der Waals surface area (Å²) in [6.45, 7) is -0.482. The third kappa shape index (κ3) is 5.38. The van der Waals surface area contributed by atoms with E-state index in [4.69, 9.17) is 23.2 Å². The molecule has 0 aliphatic heterocycles. The molecule has 2 aromatic rings. The Labute approximate surface area is 154 Å². The fraction of sp³-hybridized carbons (Fsp3) is 0.133. The van der Waals surface area contributed by atoms with Crippen LogP contribution in [0.2, 0.25) is 10.0 Å². The van der Waals surface area contributed by atoms with Crippen LogP contribution in [0.4, 0.5) is 33.7 Å². The molecule has 26 heavy (non-hydrogen) atoms. The lowest BCUT2D eigenvalue weighted by Crippen LogP contribution is -2.21. The van der Waals surface area contributed by atoms with Crippen molar-refractivity contribution in [3.8, 4) is 5.75 Å². The number of hydrogen-bond donors (Lipinski definition) is 3. The van der Waals surface area contributed by atoms with Gasteiger partial charge in [0.2, 0.25) is 0 Å². The van der Waals surface area contributed by atoms with Crippen molar-refractivity contribution in [2.24, 2.45) is 0 Å². The first kappa shape index (κ1) is 20.1. The molecule has 2 rings (SSSR count). The Hall–Kier alpha value is -2.23. The number of ether oxygens (including phenoxy) is 1. The fourth-order valence-electron chi connectivity index (χ4n) is 1.95. The van der Waals surface area contributed by atoms with E-state index in [0.717, 1.165) is 6.07 Å². The van der Waals surface area contributed by atoms with Crippen LogP contribution in [0.25, 0.3) is 0 Å². The average Bonchev–Trinajstić information content (AvgIpc) is 2.48. The topological polar surface area (TPSA) is 70.6 Å². The van der Waals surface area contributed by atoms with E-state index in [1.807, 2.05) is 0 Å². The Morgan fingerprint density at radius 3 is 2.42 bits per heavy atom. The number of benzene rings is 2. The Kier molecular flexibility index (Phi) is 6.17. The SMILES string of the molecule is O=C(Nc1ccc(OC(F)(F)F)c(F)c1)Nc1cc(Cl)cc(Cl)c1CO. The number of carbonyl (C=O) groups excluding carboxylic acids is 1. The Morgan fingerprint density at radius 2 is 1.85 bits per heavy atom. The van der Waals surface area contributed by atoms with Crippen LogP contribution in [0.15, 0.2) is 30.3 Å². The number of hydrogen-bond acceptors (Lipinski definition) is 3. The van der Waals surface area contributed by atoms with Gasteiger partial charge < -0.3 is 20.5 Å². The van der Waals surface area contributed by atoms with Crippen LogP contribution in [0.1, 0.15) is 5.56 Å². The van der Waals surface area contributed by atoms with Gasteiger partial charge in [-0.1, -0.05) is 23.2 Å². The predicted molar refractivity (Wildman–Crippen MR) is 88.1 cm³/mol. The monoisotopic (exact) mass is 412 g/mol. The highest BCUT2D eigenvalue weighted by atomic mass is 35.5. The van der Waals surface area contributed by atoms with Crippen molar-refractivity contribution in [1.29, 1.82) is 0 Å². The van der Waals surface area contributed by atoms with E-state index < -0.39 is 30.6 Å². The molecule has 0 aliphatic rings. The highest BCUT2D eigenvalue weighted by Crippen LogP contribution is 2.30. The summed E-state index contributed by atoms with van der Waals surface area (Å²) in [5, 5.41) is 14.2. The van der Waals surface area contributed by atoms with Crippen molar-refractivity contribution in [1.82, 2.24) is 0 Å². The molecule has 0 fully saturated rings. The molecular formula is C15H10Cl2F4N2O3. The number of urea groups is 1.